The van der Waals surface area contributed by atoms with Crippen LogP contribution in [0.25, 0.3) is 22.1 Å². The lowest BCUT2D eigenvalue weighted by atomic mass is 10.0. The third kappa shape index (κ3) is 2.93. The fourth-order valence-electron chi connectivity index (χ4n) is 4.40. The number of aryl methyl sites for hydroxylation is 1. The predicted molar refractivity (Wildman–Crippen MR) is 111 cm³/mol. The minimum Gasteiger partial charge on any atom is -0.496 e. The third-order valence-electron chi connectivity index (χ3n) is 5.82. The van der Waals surface area contributed by atoms with Gasteiger partial charge < -0.3 is 19.2 Å². The summed E-state index contributed by atoms with van der Waals surface area (Å²) in [5.41, 5.74) is 3.37. The van der Waals surface area contributed by atoms with Crippen molar-refractivity contribution in [3.05, 3.63) is 54.1 Å². The number of nitrogens with zero attached hydrogens (tertiary/aromatic N) is 4. The monoisotopic (exact) mass is 389 g/mol. The summed E-state index contributed by atoms with van der Waals surface area (Å²) in [5.74, 6) is 1.78. The van der Waals surface area contributed by atoms with Crippen molar-refractivity contribution < 1.29 is 9.53 Å². The molecule has 3 aromatic heterocycles. The Morgan fingerprint density at radius 2 is 2.03 bits per heavy atom. The number of piperidine rings is 1. The number of hydrogen-bond donors (Lipinski definition) is 1. The molecule has 1 fully saturated rings. The number of carbonyl (C=O) groups excluding carboxylic acids is 1. The summed E-state index contributed by atoms with van der Waals surface area (Å²) >= 11 is 0. The van der Waals surface area contributed by atoms with E-state index in [1.807, 2.05) is 54.4 Å². The summed E-state index contributed by atoms with van der Waals surface area (Å²) in [6.07, 6.45) is 3.58. The summed E-state index contributed by atoms with van der Waals surface area (Å²) in [4.78, 5) is 27.4. The molecule has 7 heteroatoms. The second kappa shape index (κ2) is 6.92. The van der Waals surface area contributed by atoms with Crippen LogP contribution in [0, 0.1) is 6.92 Å². The standard InChI is InChI=1S/C22H23N5O2/c1-14-24-18-6-4-10-23-21(18)27(14)15-8-11-26(12-9-15)22(28)19-13-16-17(25-19)5-3-7-20(16)29-2/h3-7,10,13,15,25H,8-9,11-12H2,1-2H3. The number of fused-ring (bicyclic) bond motifs is 2. The summed E-state index contributed by atoms with van der Waals surface area (Å²) in [7, 11) is 1.64. The fraction of sp³-hybridized carbons (Fsp3) is 0.318. The Morgan fingerprint density at radius 3 is 2.83 bits per heavy atom. The van der Waals surface area contributed by atoms with E-state index >= 15 is 0 Å². The molecule has 0 aliphatic carbocycles. The highest BCUT2D eigenvalue weighted by Crippen LogP contribution is 2.30. The number of H-pyrrole nitrogens is 1. The van der Waals surface area contributed by atoms with Crippen molar-refractivity contribution in [3.8, 4) is 5.75 Å². The molecule has 0 unspecified atom stereocenters. The number of aromatic nitrogens is 4. The number of nitrogens with one attached hydrogen (secondary N) is 1. The average Bonchev–Trinajstić information content (AvgIpc) is 3.33. The Balaban J connectivity index is 1.35. The molecule has 148 valence electrons. The van der Waals surface area contributed by atoms with E-state index in [0.29, 0.717) is 24.8 Å². The van der Waals surface area contributed by atoms with Gasteiger partial charge in [0.1, 0.15) is 22.8 Å². The number of likely N-dealkylation sites (tertiary alicyclic amines) is 1. The van der Waals surface area contributed by atoms with Gasteiger partial charge in [-0.2, -0.15) is 0 Å². The number of methoxy groups -OCH3 is 1. The number of amides is 1. The van der Waals surface area contributed by atoms with Crippen LogP contribution < -0.4 is 4.74 Å². The first-order valence-electron chi connectivity index (χ1n) is 9.90. The Hall–Kier alpha value is -3.35. The topological polar surface area (TPSA) is 76.0 Å². The van der Waals surface area contributed by atoms with E-state index < -0.39 is 0 Å². The van der Waals surface area contributed by atoms with E-state index in [1.165, 1.54) is 0 Å². The molecule has 5 rings (SSSR count). The van der Waals surface area contributed by atoms with Gasteiger partial charge in [-0.15, -0.1) is 0 Å². The number of ether oxygens (including phenoxy) is 1. The van der Waals surface area contributed by atoms with Crippen LogP contribution in [0.4, 0.5) is 0 Å². The molecule has 1 aliphatic heterocycles. The zero-order valence-corrected chi connectivity index (χ0v) is 16.6. The zero-order chi connectivity index (χ0) is 20.0. The smallest absolute Gasteiger partial charge is 0.270 e. The van der Waals surface area contributed by atoms with Crippen molar-refractivity contribution in [2.24, 2.45) is 0 Å². The molecule has 7 nitrogen and oxygen atoms in total. The SMILES string of the molecule is COc1cccc2[nH]c(C(=O)N3CCC(n4c(C)nc5cccnc54)CC3)cc12. The molecular weight excluding hydrogens is 366 g/mol. The summed E-state index contributed by atoms with van der Waals surface area (Å²) in [6.45, 7) is 3.45. The maximum atomic E-state index is 13.1. The minimum absolute atomic E-state index is 0.0343. The van der Waals surface area contributed by atoms with Crippen molar-refractivity contribution in [3.63, 3.8) is 0 Å². The lowest BCUT2D eigenvalue weighted by Crippen LogP contribution is -2.39. The van der Waals surface area contributed by atoms with Gasteiger partial charge in [-0.1, -0.05) is 6.07 Å². The van der Waals surface area contributed by atoms with Crippen LogP contribution in [0.3, 0.4) is 0 Å². The fourth-order valence-corrected chi connectivity index (χ4v) is 4.40. The molecule has 0 atom stereocenters. The Bertz CT molecular complexity index is 1200. The van der Waals surface area contributed by atoms with Gasteiger partial charge in [-0.3, -0.25) is 4.79 Å². The van der Waals surface area contributed by atoms with Gasteiger partial charge in [0, 0.05) is 36.2 Å². The first kappa shape index (κ1) is 17.7. The molecule has 0 spiro atoms. The van der Waals surface area contributed by atoms with Crippen LogP contribution >= 0.6 is 0 Å². The number of benzene rings is 1. The van der Waals surface area contributed by atoms with E-state index in [9.17, 15) is 4.79 Å². The first-order valence-corrected chi connectivity index (χ1v) is 9.90. The number of carbonyl (C=O) groups is 1. The van der Waals surface area contributed by atoms with E-state index in [1.54, 1.807) is 7.11 Å². The Labute approximate surface area is 168 Å². The molecule has 0 saturated carbocycles. The quantitative estimate of drug-likeness (QED) is 0.580. The van der Waals surface area contributed by atoms with Crippen LogP contribution in [0.2, 0.25) is 0 Å². The van der Waals surface area contributed by atoms with Gasteiger partial charge >= 0.3 is 0 Å². The number of rotatable bonds is 3. The molecule has 4 heterocycles. The highest BCUT2D eigenvalue weighted by atomic mass is 16.5. The van der Waals surface area contributed by atoms with Gasteiger partial charge in [0.15, 0.2) is 5.65 Å². The molecular formula is C22H23N5O2. The zero-order valence-electron chi connectivity index (χ0n) is 16.6. The van der Waals surface area contributed by atoms with Gasteiger partial charge in [0.2, 0.25) is 0 Å². The van der Waals surface area contributed by atoms with Crippen LogP contribution in [-0.4, -0.2) is 50.5 Å². The molecule has 4 aromatic rings. The lowest BCUT2D eigenvalue weighted by Gasteiger charge is -2.33. The summed E-state index contributed by atoms with van der Waals surface area (Å²) < 4.78 is 7.64. The van der Waals surface area contributed by atoms with Crippen molar-refractivity contribution in [2.45, 2.75) is 25.8 Å². The van der Waals surface area contributed by atoms with Crippen molar-refractivity contribution in [2.75, 3.05) is 20.2 Å². The van der Waals surface area contributed by atoms with Crippen LogP contribution in [0.5, 0.6) is 5.75 Å². The van der Waals surface area contributed by atoms with Crippen molar-refractivity contribution >= 4 is 28.0 Å². The number of imidazole rings is 1. The number of hydrogen-bond acceptors (Lipinski definition) is 4. The second-order valence-electron chi connectivity index (χ2n) is 7.50. The Morgan fingerprint density at radius 1 is 1.21 bits per heavy atom. The second-order valence-corrected chi connectivity index (χ2v) is 7.50. The summed E-state index contributed by atoms with van der Waals surface area (Å²) in [5, 5.41) is 0.930. The molecule has 1 aliphatic rings. The first-order chi connectivity index (χ1) is 14.2. The third-order valence-corrected chi connectivity index (χ3v) is 5.82. The van der Waals surface area contributed by atoms with Crippen LogP contribution in [-0.2, 0) is 0 Å². The predicted octanol–water partition coefficient (Wildman–Crippen LogP) is 3.71. The maximum absolute atomic E-state index is 13.1. The van der Waals surface area contributed by atoms with E-state index in [2.05, 4.69) is 19.5 Å². The normalized spacial score (nSPS) is 15.3. The van der Waals surface area contributed by atoms with Gasteiger partial charge in [0.25, 0.3) is 5.91 Å². The molecule has 1 aromatic carbocycles. The number of aromatic amines is 1. The number of pyridine rings is 1. The van der Waals surface area contributed by atoms with E-state index in [-0.39, 0.29) is 5.91 Å². The van der Waals surface area contributed by atoms with E-state index in [0.717, 1.165) is 46.5 Å². The average molecular weight is 389 g/mol. The molecule has 0 radical (unpaired) electrons. The lowest BCUT2D eigenvalue weighted by molar-refractivity contribution is 0.0690. The van der Waals surface area contributed by atoms with Crippen LogP contribution in [0.1, 0.15) is 35.2 Å². The minimum atomic E-state index is 0.0343. The van der Waals surface area contributed by atoms with Crippen LogP contribution in [0.15, 0.2) is 42.6 Å². The van der Waals surface area contributed by atoms with Gasteiger partial charge in [0.05, 0.1) is 7.11 Å². The van der Waals surface area contributed by atoms with Crippen molar-refractivity contribution in [1.82, 2.24) is 24.4 Å². The molecule has 1 saturated heterocycles. The highest BCUT2D eigenvalue weighted by molar-refractivity contribution is 5.99. The van der Waals surface area contributed by atoms with E-state index in [4.69, 9.17) is 4.74 Å². The maximum Gasteiger partial charge on any atom is 0.270 e. The van der Waals surface area contributed by atoms with Gasteiger partial charge in [-0.25, -0.2) is 9.97 Å². The highest BCUT2D eigenvalue weighted by Gasteiger charge is 2.27. The largest absolute Gasteiger partial charge is 0.496 e. The Kier molecular flexibility index (Phi) is 4.23. The molecule has 1 amide bonds. The molecule has 1 N–H and O–H groups in total. The molecule has 0 bridgehead atoms. The summed E-state index contributed by atoms with van der Waals surface area (Å²) in [6, 6.07) is 11.9. The van der Waals surface area contributed by atoms with Gasteiger partial charge in [-0.05, 0) is 50.1 Å². The molecule has 29 heavy (non-hydrogen) atoms. The van der Waals surface area contributed by atoms with Crippen molar-refractivity contribution in [1.29, 1.82) is 0 Å².